The maximum atomic E-state index is 10.4. The van der Waals surface area contributed by atoms with Crippen molar-refractivity contribution in [3.8, 4) is 0 Å². The number of hydrogen-bond acceptors (Lipinski definition) is 6. The average molecular weight is 329 g/mol. The van der Waals surface area contributed by atoms with Gasteiger partial charge in [-0.25, -0.2) is 9.97 Å². The first-order valence-corrected chi connectivity index (χ1v) is 8.68. The molecule has 1 aliphatic rings. The van der Waals surface area contributed by atoms with Crippen molar-refractivity contribution in [2.24, 2.45) is 0 Å². The summed E-state index contributed by atoms with van der Waals surface area (Å²) in [6.07, 6.45) is 3.06. The smallest absolute Gasteiger partial charge is 0.142 e. The van der Waals surface area contributed by atoms with E-state index in [2.05, 4.69) is 41.6 Å². The van der Waals surface area contributed by atoms with Gasteiger partial charge in [0.05, 0.1) is 11.5 Å². The number of aromatic nitrogens is 3. The van der Waals surface area contributed by atoms with Gasteiger partial charge in [0.25, 0.3) is 0 Å². The Bertz CT molecular complexity index is 772. The maximum absolute atomic E-state index is 10.4. The summed E-state index contributed by atoms with van der Waals surface area (Å²) >= 11 is 1.71. The second kappa shape index (κ2) is 6.27. The fraction of sp³-hybridized carbons (Fsp3) is 0.375. The lowest BCUT2D eigenvalue weighted by Gasteiger charge is -2.23. The Morgan fingerprint density at radius 1 is 1.26 bits per heavy atom. The molecule has 0 aromatic carbocycles. The van der Waals surface area contributed by atoms with Gasteiger partial charge in [0.15, 0.2) is 0 Å². The number of aliphatic hydroxyl groups excluding tert-OH is 1. The van der Waals surface area contributed by atoms with Crippen LogP contribution in [0.15, 0.2) is 35.4 Å². The number of nitrogens with zero attached hydrogens (tertiary/aromatic N) is 4. The van der Waals surface area contributed by atoms with Gasteiger partial charge in [-0.3, -0.25) is 4.90 Å². The zero-order chi connectivity index (χ0) is 15.6. The molecule has 1 saturated heterocycles. The molecule has 1 aliphatic heterocycles. The number of fused-ring (bicyclic) bond motifs is 1. The molecule has 1 atom stereocenters. The van der Waals surface area contributed by atoms with E-state index in [1.165, 1.54) is 5.56 Å². The minimum Gasteiger partial charge on any atom is -0.390 e. The van der Waals surface area contributed by atoms with E-state index in [0.29, 0.717) is 13.1 Å². The fourth-order valence-corrected chi connectivity index (χ4v) is 3.80. The largest absolute Gasteiger partial charge is 0.390 e. The zero-order valence-corrected chi connectivity index (χ0v) is 13.5. The van der Waals surface area contributed by atoms with E-state index in [-0.39, 0.29) is 6.10 Å². The molecule has 2 N–H and O–H groups in total. The summed E-state index contributed by atoms with van der Waals surface area (Å²) in [6.45, 7) is 3.92. The van der Waals surface area contributed by atoms with Crippen LogP contribution in [0.2, 0.25) is 0 Å². The minimum atomic E-state index is -0.389. The van der Waals surface area contributed by atoms with Gasteiger partial charge >= 0.3 is 0 Å². The molecular formula is C16H19N5OS. The molecule has 1 unspecified atom stereocenters. The summed E-state index contributed by atoms with van der Waals surface area (Å²) in [6, 6.07) is 4.14. The standard InChI is InChI=1S/C16H19N5OS/c22-13-8-20(7-12-2-6-23-10-12)4-5-21(9-13)16-14-1-3-17-15(14)18-11-19-16/h1-3,6,10-11,13,22H,4-5,7-9H2,(H,17,18,19). The minimum absolute atomic E-state index is 0.389. The van der Waals surface area contributed by atoms with Crippen LogP contribution >= 0.6 is 11.3 Å². The van der Waals surface area contributed by atoms with E-state index >= 15 is 0 Å². The zero-order valence-electron chi connectivity index (χ0n) is 12.7. The quantitative estimate of drug-likeness (QED) is 0.765. The molecule has 0 amide bonds. The summed E-state index contributed by atoms with van der Waals surface area (Å²) in [5.74, 6) is 0.896. The first-order chi connectivity index (χ1) is 11.3. The van der Waals surface area contributed by atoms with E-state index in [0.717, 1.165) is 36.5 Å². The van der Waals surface area contributed by atoms with E-state index in [1.807, 2.05) is 12.3 Å². The van der Waals surface area contributed by atoms with Gasteiger partial charge in [0.1, 0.15) is 17.8 Å². The number of nitrogens with one attached hydrogen (secondary N) is 1. The Morgan fingerprint density at radius 3 is 3.09 bits per heavy atom. The van der Waals surface area contributed by atoms with Gasteiger partial charge < -0.3 is 15.0 Å². The highest BCUT2D eigenvalue weighted by Crippen LogP contribution is 2.23. The first-order valence-electron chi connectivity index (χ1n) is 7.74. The third kappa shape index (κ3) is 3.08. The lowest BCUT2D eigenvalue weighted by atomic mass is 10.2. The number of hydrogen-bond donors (Lipinski definition) is 2. The fourth-order valence-electron chi connectivity index (χ4n) is 3.14. The van der Waals surface area contributed by atoms with Gasteiger partial charge in [-0.1, -0.05) is 0 Å². The average Bonchev–Trinajstić information content (AvgIpc) is 3.18. The second-order valence-corrected chi connectivity index (χ2v) is 6.68. The van der Waals surface area contributed by atoms with Gasteiger partial charge in [0.2, 0.25) is 0 Å². The number of aliphatic hydroxyl groups is 1. The highest BCUT2D eigenvalue weighted by molar-refractivity contribution is 7.07. The number of aromatic amines is 1. The monoisotopic (exact) mass is 329 g/mol. The number of thiophene rings is 1. The van der Waals surface area contributed by atoms with Gasteiger partial charge in [-0.15, -0.1) is 0 Å². The number of H-pyrrole nitrogens is 1. The molecular weight excluding hydrogens is 310 g/mol. The van der Waals surface area contributed by atoms with Gasteiger partial charge in [-0.05, 0) is 28.5 Å². The molecule has 0 bridgehead atoms. The van der Waals surface area contributed by atoms with Crippen molar-refractivity contribution in [1.29, 1.82) is 0 Å². The van der Waals surface area contributed by atoms with Gasteiger partial charge in [-0.2, -0.15) is 11.3 Å². The van der Waals surface area contributed by atoms with Crippen LogP contribution in [0.25, 0.3) is 11.0 Å². The molecule has 7 heteroatoms. The molecule has 3 aromatic rings. The summed E-state index contributed by atoms with van der Waals surface area (Å²) in [5, 5.41) is 15.7. The van der Waals surface area contributed by atoms with Crippen molar-refractivity contribution in [2.45, 2.75) is 12.6 Å². The third-order valence-electron chi connectivity index (χ3n) is 4.20. The lowest BCUT2D eigenvalue weighted by molar-refractivity contribution is 0.129. The van der Waals surface area contributed by atoms with Crippen molar-refractivity contribution < 1.29 is 5.11 Å². The molecule has 0 spiro atoms. The molecule has 4 rings (SSSR count). The van der Waals surface area contributed by atoms with Crippen LogP contribution < -0.4 is 4.90 Å². The van der Waals surface area contributed by atoms with E-state index in [4.69, 9.17) is 0 Å². The Morgan fingerprint density at radius 2 is 2.22 bits per heavy atom. The predicted octanol–water partition coefficient (Wildman–Crippen LogP) is 1.70. The topological polar surface area (TPSA) is 68.3 Å². The molecule has 120 valence electrons. The van der Waals surface area contributed by atoms with Crippen molar-refractivity contribution in [3.63, 3.8) is 0 Å². The number of rotatable bonds is 3. The maximum Gasteiger partial charge on any atom is 0.142 e. The van der Waals surface area contributed by atoms with E-state index in [9.17, 15) is 5.11 Å². The van der Waals surface area contributed by atoms with Crippen molar-refractivity contribution in [1.82, 2.24) is 19.9 Å². The highest BCUT2D eigenvalue weighted by Gasteiger charge is 2.23. The first kappa shape index (κ1) is 14.6. The van der Waals surface area contributed by atoms with Crippen LogP contribution in [0.3, 0.4) is 0 Å². The normalized spacial score (nSPS) is 20.0. The van der Waals surface area contributed by atoms with Crippen LogP contribution in [-0.2, 0) is 6.54 Å². The Labute approximate surface area is 138 Å². The molecule has 3 aromatic heterocycles. The molecule has 0 radical (unpaired) electrons. The Balaban J connectivity index is 1.54. The summed E-state index contributed by atoms with van der Waals surface area (Å²) in [4.78, 5) is 16.3. The number of anilines is 1. The van der Waals surface area contributed by atoms with E-state index < -0.39 is 0 Å². The van der Waals surface area contributed by atoms with Crippen LogP contribution in [0.4, 0.5) is 5.82 Å². The lowest BCUT2D eigenvalue weighted by Crippen LogP contribution is -2.33. The van der Waals surface area contributed by atoms with Crippen molar-refractivity contribution in [2.75, 3.05) is 31.1 Å². The Kier molecular flexibility index (Phi) is 3.99. The molecule has 1 fully saturated rings. The van der Waals surface area contributed by atoms with Crippen LogP contribution in [0, 0.1) is 0 Å². The second-order valence-electron chi connectivity index (χ2n) is 5.90. The molecule has 6 nitrogen and oxygen atoms in total. The van der Waals surface area contributed by atoms with Crippen LogP contribution in [0.1, 0.15) is 5.56 Å². The van der Waals surface area contributed by atoms with Crippen LogP contribution in [-0.4, -0.2) is 57.2 Å². The summed E-state index contributed by atoms with van der Waals surface area (Å²) in [5.41, 5.74) is 2.15. The summed E-state index contributed by atoms with van der Waals surface area (Å²) < 4.78 is 0. The number of β-amino-alcohol motifs (C(OH)–C–C–N with tert-alkyl or cyclic N) is 1. The molecule has 0 aliphatic carbocycles. The predicted molar refractivity (Wildman–Crippen MR) is 91.7 cm³/mol. The van der Waals surface area contributed by atoms with Crippen molar-refractivity contribution in [3.05, 3.63) is 41.0 Å². The Hall–Kier alpha value is -1.96. The molecule has 0 saturated carbocycles. The van der Waals surface area contributed by atoms with Gasteiger partial charge in [0, 0.05) is 38.9 Å². The molecule has 4 heterocycles. The van der Waals surface area contributed by atoms with E-state index in [1.54, 1.807) is 17.7 Å². The third-order valence-corrected chi connectivity index (χ3v) is 4.94. The SMILES string of the molecule is OC1CN(Cc2ccsc2)CCN(c2ncnc3[nH]ccc23)C1. The summed E-state index contributed by atoms with van der Waals surface area (Å²) in [7, 11) is 0. The van der Waals surface area contributed by atoms with Crippen LogP contribution in [0.5, 0.6) is 0 Å². The van der Waals surface area contributed by atoms with Crippen molar-refractivity contribution >= 4 is 28.2 Å². The molecule has 23 heavy (non-hydrogen) atoms. The highest BCUT2D eigenvalue weighted by atomic mass is 32.1.